The van der Waals surface area contributed by atoms with Crippen LogP contribution in [0.4, 0.5) is 0 Å². The van der Waals surface area contributed by atoms with Crippen molar-refractivity contribution in [1.29, 1.82) is 0 Å². The summed E-state index contributed by atoms with van der Waals surface area (Å²) in [4.78, 5) is 15.3. The summed E-state index contributed by atoms with van der Waals surface area (Å²) >= 11 is 3.32. The molecule has 3 nitrogen and oxygen atoms in total. The highest BCUT2D eigenvalue weighted by Crippen LogP contribution is 2.17. The lowest BCUT2D eigenvalue weighted by molar-refractivity contribution is 0.0518. The molecule has 1 rings (SSSR count). The zero-order chi connectivity index (χ0) is 9.84. The molecular formula is C9H10BrNO2. The van der Waals surface area contributed by atoms with E-state index >= 15 is 0 Å². The summed E-state index contributed by atoms with van der Waals surface area (Å²) in [5.74, 6) is -0.374. The Kier molecular flexibility index (Phi) is 3.42. The molecule has 13 heavy (non-hydrogen) atoms. The summed E-state index contributed by atoms with van der Waals surface area (Å²) in [6, 6.07) is 1.79. The molecule has 0 aromatic carbocycles. The molecule has 0 aliphatic heterocycles. The van der Waals surface area contributed by atoms with Gasteiger partial charge in [-0.25, -0.2) is 9.78 Å². The molecule has 0 fully saturated rings. The number of carbonyl (C=O) groups excluding carboxylic acids is 1. The van der Waals surface area contributed by atoms with E-state index in [1.54, 1.807) is 19.2 Å². The van der Waals surface area contributed by atoms with Crippen molar-refractivity contribution >= 4 is 21.9 Å². The molecule has 0 amide bonds. The van der Waals surface area contributed by atoms with E-state index in [0.717, 1.165) is 10.0 Å². The van der Waals surface area contributed by atoms with Gasteiger partial charge in [0, 0.05) is 10.7 Å². The van der Waals surface area contributed by atoms with Gasteiger partial charge in [0.05, 0.1) is 6.61 Å². The van der Waals surface area contributed by atoms with Gasteiger partial charge in [-0.15, -0.1) is 0 Å². The summed E-state index contributed by atoms with van der Waals surface area (Å²) in [6.45, 7) is 3.96. The maximum absolute atomic E-state index is 11.3. The lowest BCUT2D eigenvalue weighted by Crippen LogP contribution is -2.09. The molecule has 1 aromatic rings. The highest BCUT2D eigenvalue weighted by Gasteiger charge is 2.12. The van der Waals surface area contributed by atoms with Crippen LogP contribution in [-0.4, -0.2) is 17.6 Å². The Hall–Kier alpha value is -0.900. The standard InChI is InChI=1S/C9H10BrNO2/c1-3-13-9(12)8-6(2)7(10)4-5-11-8/h4-5H,3H2,1-2H3. The molecule has 0 aliphatic carbocycles. The fourth-order valence-corrected chi connectivity index (χ4v) is 1.22. The zero-order valence-corrected chi connectivity index (χ0v) is 9.09. The van der Waals surface area contributed by atoms with Gasteiger partial charge in [-0.3, -0.25) is 0 Å². The first kappa shape index (κ1) is 10.2. The van der Waals surface area contributed by atoms with Crippen molar-refractivity contribution in [2.75, 3.05) is 6.61 Å². The van der Waals surface area contributed by atoms with E-state index in [0.29, 0.717) is 12.3 Å². The van der Waals surface area contributed by atoms with Crippen LogP contribution in [0.3, 0.4) is 0 Å². The van der Waals surface area contributed by atoms with E-state index in [1.807, 2.05) is 6.92 Å². The van der Waals surface area contributed by atoms with E-state index in [2.05, 4.69) is 20.9 Å². The second-order valence-corrected chi connectivity index (χ2v) is 3.34. The number of ether oxygens (including phenoxy) is 1. The summed E-state index contributed by atoms with van der Waals surface area (Å²) in [5.41, 5.74) is 1.18. The van der Waals surface area contributed by atoms with E-state index < -0.39 is 0 Å². The van der Waals surface area contributed by atoms with Gasteiger partial charge >= 0.3 is 5.97 Å². The summed E-state index contributed by atoms with van der Waals surface area (Å²) in [6.07, 6.45) is 1.57. The number of nitrogens with zero attached hydrogens (tertiary/aromatic N) is 1. The highest BCUT2D eigenvalue weighted by atomic mass is 79.9. The molecule has 1 heterocycles. The zero-order valence-electron chi connectivity index (χ0n) is 7.50. The molecule has 0 aliphatic rings. The molecule has 4 heteroatoms. The highest BCUT2D eigenvalue weighted by molar-refractivity contribution is 9.10. The minimum atomic E-state index is -0.374. The second-order valence-electron chi connectivity index (χ2n) is 2.49. The number of aromatic nitrogens is 1. The Morgan fingerprint density at radius 3 is 3.00 bits per heavy atom. The van der Waals surface area contributed by atoms with Crippen LogP contribution < -0.4 is 0 Å². The number of esters is 1. The van der Waals surface area contributed by atoms with Crippen LogP contribution in [0.25, 0.3) is 0 Å². The molecule has 0 bridgehead atoms. The third-order valence-electron chi connectivity index (χ3n) is 1.61. The molecule has 0 spiro atoms. The van der Waals surface area contributed by atoms with Crippen LogP contribution in [0.2, 0.25) is 0 Å². The van der Waals surface area contributed by atoms with Crippen molar-refractivity contribution in [2.24, 2.45) is 0 Å². The lowest BCUT2D eigenvalue weighted by atomic mass is 10.2. The van der Waals surface area contributed by atoms with Gasteiger partial charge in [-0.2, -0.15) is 0 Å². The Morgan fingerprint density at radius 1 is 1.69 bits per heavy atom. The number of halogens is 1. The van der Waals surface area contributed by atoms with Crippen molar-refractivity contribution in [2.45, 2.75) is 13.8 Å². The SMILES string of the molecule is CCOC(=O)c1nccc(Br)c1C. The molecule has 0 radical (unpaired) electrons. The first-order valence-corrected chi connectivity index (χ1v) is 4.74. The van der Waals surface area contributed by atoms with Crippen molar-refractivity contribution in [3.05, 3.63) is 28.0 Å². The van der Waals surface area contributed by atoms with Gasteiger partial charge < -0.3 is 4.74 Å². The predicted octanol–water partition coefficient (Wildman–Crippen LogP) is 2.33. The van der Waals surface area contributed by atoms with Crippen molar-refractivity contribution in [3.63, 3.8) is 0 Å². The summed E-state index contributed by atoms with van der Waals surface area (Å²) in [5, 5.41) is 0. The monoisotopic (exact) mass is 243 g/mol. The Morgan fingerprint density at radius 2 is 2.38 bits per heavy atom. The van der Waals surface area contributed by atoms with Gasteiger partial charge in [-0.1, -0.05) is 15.9 Å². The minimum Gasteiger partial charge on any atom is -0.461 e. The van der Waals surface area contributed by atoms with E-state index in [9.17, 15) is 4.79 Å². The topological polar surface area (TPSA) is 39.2 Å². The van der Waals surface area contributed by atoms with Crippen molar-refractivity contribution in [1.82, 2.24) is 4.98 Å². The second kappa shape index (κ2) is 4.37. The Labute approximate surface area is 85.3 Å². The molecule has 70 valence electrons. The molecule has 0 saturated heterocycles. The number of rotatable bonds is 2. The Balaban J connectivity index is 3.01. The molecule has 0 atom stereocenters. The normalized spacial score (nSPS) is 9.77. The van der Waals surface area contributed by atoms with Crippen LogP contribution in [0.1, 0.15) is 23.0 Å². The molecule has 1 aromatic heterocycles. The quantitative estimate of drug-likeness (QED) is 0.749. The maximum atomic E-state index is 11.3. The van der Waals surface area contributed by atoms with E-state index in [-0.39, 0.29) is 5.97 Å². The van der Waals surface area contributed by atoms with E-state index in [4.69, 9.17) is 4.74 Å². The fourth-order valence-electron chi connectivity index (χ4n) is 0.917. The van der Waals surface area contributed by atoms with Gasteiger partial charge in [0.1, 0.15) is 0 Å². The molecule has 0 unspecified atom stereocenters. The van der Waals surface area contributed by atoms with Crippen LogP contribution in [0.5, 0.6) is 0 Å². The minimum absolute atomic E-state index is 0.368. The lowest BCUT2D eigenvalue weighted by Gasteiger charge is -2.04. The maximum Gasteiger partial charge on any atom is 0.357 e. The number of carbonyl (C=O) groups is 1. The third kappa shape index (κ3) is 2.28. The molecule has 0 saturated carbocycles. The summed E-state index contributed by atoms with van der Waals surface area (Å²) < 4.78 is 5.71. The smallest absolute Gasteiger partial charge is 0.357 e. The van der Waals surface area contributed by atoms with Gasteiger partial charge in [0.2, 0.25) is 0 Å². The largest absolute Gasteiger partial charge is 0.461 e. The number of hydrogen-bond donors (Lipinski definition) is 0. The molecule has 0 N–H and O–H groups in total. The average Bonchev–Trinajstić information content (AvgIpc) is 2.10. The molecular weight excluding hydrogens is 234 g/mol. The number of hydrogen-bond acceptors (Lipinski definition) is 3. The van der Waals surface area contributed by atoms with Gasteiger partial charge in [0.15, 0.2) is 5.69 Å². The first-order chi connectivity index (χ1) is 6.16. The van der Waals surface area contributed by atoms with Gasteiger partial charge in [0.25, 0.3) is 0 Å². The third-order valence-corrected chi connectivity index (χ3v) is 2.47. The van der Waals surface area contributed by atoms with Crippen molar-refractivity contribution in [3.8, 4) is 0 Å². The fraction of sp³-hybridized carbons (Fsp3) is 0.333. The van der Waals surface area contributed by atoms with Crippen LogP contribution in [0.15, 0.2) is 16.7 Å². The van der Waals surface area contributed by atoms with Crippen molar-refractivity contribution < 1.29 is 9.53 Å². The van der Waals surface area contributed by atoms with Crippen LogP contribution in [-0.2, 0) is 4.74 Å². The predicted molar refractivity (Wildman–Crippen MR) is 52.6 cm³/mol. The number of pyridine rings is 1. The van der Waals surface area contributed by atoms with E-state index in [1.165, 1.54) is 0 Å². The summed E-state index contributed by atoms with van der Waals surface area (Å²) in [7, 11) is 0. The van der Waals surface area contributed by atoms with Crippen LogP contribution in [0, 0.1) is 6.92 Å². The Bertz CT molecular complexity index is 325. The van der Waals surface area contributed by atoms with Gasteiger partial charge in [-0.05, 0) is 25.5 Å². The first-order valence-electron chi connectivity index (χ1n) is 3.95. The van der Waals surface area contributed by atoms with Crippen LogP contribution >= 0.6 is 15.9 Å². The average molecular weight is 244 g/mol.